The molecule has 0 amide bonds. The van der Waals surface area contributed by atoms with Crippen molar-refractivity contribution in [2.45, 2.75) is 24.9 Å². The molecule has 23 heavy (non-hydrogen) atoms. The molecule has 6 nitrogen and oxygen atoms in total. The van der Waals surface area contributed by atoms with E-state index in [-0.39, 0.29) is 11.6 Å². The van der Waals surface area contributed by atoms with Crippen LogP contribution in [0.2, 0.25) is 0 Å². The molecule has 0 atom stereocenters. The van der Waals surface area contributed by atoms with Crippen LogP contribution in [0.3, 0.4) is 0 Å². The number of rotatable bonds is 4. The van der Waals surface area contributed by atoms with Crippen LogP contribution in [0.15, 0.2) is 36.5 Å². The Kier molecular flexibility index (Phi) is 3.81. The third kappa shape index (κ3) is 3.19. The van der Waals surface area contributed by atoms with Gasteiger partial charge in [-0.1, -0.05) is 0 Å². The van der Waals surface area contributed by atoms with E-state index in [0.29, 0.717) is 11.5 Å². The van der Waals surface area contributed by atoms with Gasteiger partial charge in [-0.3, -0.25) is 0 Å². The number of fused-ring (bicyclic) bond motifs is 1. The zero-order chi connectivity index (χ0) is 16.6. The summed E-state index contributed by atoms with van der Waals surface area (Å²) in [5, 5.41) is 0.572. The second-order valence-corrected chi connectivity index (χ2v) is 8.30. The Hall–Kier alpha value is -2.41. The highest BCUT2D eigenvalue weighted by Crippen LogP contribution is 2.23. The lowest BCUT2D eigenvalue weighted by Crippen LogP contribution is -2.17. The lowest BCUT2D eigenvalue weighted by molar-refractivity contribution is 0.586. The minimum atomic E-state index is -3.24. The van der Waals surface area contributed by atoms with Gasteiger partial charge in [0.2, 0.25) is 0 Å². The van der Waals surface area contributed by atoms with Crippen molar-refractivity contribution < 1.29 is 8.42 Å². The molecule has 0 spiro atoms. The van der Waals surface area contributed by atoms with Gasteiger partial charge >= 0.3 is 0 Å². The van der Waals surface area contributed by atoms with Crippen LogP contribution >= 0.6 is 0 Å². The van der Waals surface area contributed by atoms with Crippen molar-refractivity contribution in [3.63, 3.8) is 0 Å². The summed E-state index contributed by atoms with van der Waals surface area (Å²) in [6.45, 7) is 3.31. The number of aromatic amines is 1. The number of hydrogen-bond donors (Lipinski definition) is 2. The number of nitrogens with two attached hydrogens (primary N) is 1. The lowest BCUT2D eigenvalue weighted by Gasteiger charge is -2.09. The fourth-order valence-electron chi connectivity index (χ4n) is 2.29. The van der Waals surface area contributed by atoms with Crippen molar-refractivity contribution in [3.8, 4) is 11.4 Å². The van der Waals surface area contributed by atoms with E-state index < -0.39 is 15.1 Å². The Morgan fingerprint density at radius 3 is 2.70 bits per heavy atom. The molecule has 0 aliphatic carbocycles. The Balaban J connectivity index is 2.03. The molecule has 0 saturated carbocycles. The number of anilines is 1. The van der Waals surface area contributed by atoms with Gasteiger partial charge in [0.15, 0.2) is 15.7 Å². The lowest BCUT2D eigenvalue weighted by atomic mass is 10.1. The number of nitrogen functional groups attached to an aromatic ring is 1. The molecule has 0 unspecified atom stereocenters. The van der Waals surface area contributed by atoms with Crippen LogP contribution in [-0.2, 0) is 15.6 Å². The van der Waals surface area contributed by atoms with Crippen molar-refractivity contribution in [1.82, 2.24) is 15.0 Å². The van der Waals surface area contributed by atoms with E-state index in [4.69, 9.17) is 5.73 Å². The van der Waals surface area contributed by atoms with Gasteiger partial charge in [0, 0.05) is 28.7 Å². The van der Waals surface area contributed by atoms with Crippen LogP contribution in [0.4, 0.5) is 5.82 Å². The first-order valence-electron chi connectivity index (χ1n) is 7.28. The Bertz CT molecular complexity index is 961. The van der Waals surface area contributed by atoms with Gasteiger partial charge in [0.25, 0.3) is 0 Å². The van der Waals surface area contributed by atoms with Gasteiger partial charge in [-0.15, -0.1) is 0 Å². The maximum absolute atomic E-state index is 12.1. The second kappa shape index (κ2) is 5.66. The van der Waals surface area contributed by atoms with Gasteiger partial charge in [0.1, 0.15) is 5.82 Å². The molecule has 2 heterocycles. The molecule has 3 rings (SSSR count). The average molecular weight is 330 g/mol. The Morgan fingerprint density at radius 2 is 1.96 bits per heavy atom. The van der Waals surface area contributed by atoms with E-state index in [1.165, 1.54) is 6.07 Å². The first-order valence-corrected chi connectivity index (χ1v) is 8.99. The predicted octanol–water partition coefficient (Wildman–Crippen LogP) is 2.53. The molecule has 0 bridgehead atoms. The summed E-state index contributed by atoms with van der Waals surface area (Å²) in [5.41, 5.74) is 8.06. The van der Waals surface area contributed by atoms with Gasteiger partial charge in [-0.25, -0.2) is 18.4 Å². The number of aromatic nitrogens is 3. The maximum atomic E-state index is 12.1. The van der Waals surface area contributed by atoms with E-state index in [0.717, 1.165) is 16.5 Å². The predicted molar refractivity (Wildman–Crippen MR) is 91.5 cm³/mol. The molecule has 1 aromatic carbocycles. The number of hydrogen-bond acceptors (Lipinski definition) is 5. The minimum absolute atomic E-state index is 0.142. The minimum Gasteiger partial charge on any atom is -0.384 e. The zero-order valence-corrected chi connectivity index (χ0v) is 13.8. The first-order chi connectivity index (χ1) is 10.8. The van der Waals surface area contributed by atoms with Crippen molar-refractivity contribution in [2.24, 2.45) is 0 Å². The molecule has 0 fully saturated rings. The fraction of sp³-hybridized carbons (Fsp3) is 0.250. The number of H-pyrrole nitrogens is 1. The van der Waals surface area contributed by atoms with Crippen molar-refractivity contribution in [2.75, 3.05) is 5.73 Å². The highest BCUT2D eigenvalue weighted by atomic mass is 32.2. The zero-order valence-electron chi connectivity index (χ0n) is 12.9. The molecule has 0 aliphatic heterocycles. The molecule has 0 saturated heterocycles. The number of sulfone groups is 1. The summed E-state index contributed by atoms with van der Waals surface area (Å²) in [7, 11) is -3.24. The normalized spacial score (nSPS) is 12.1. The van der Waals surface area contributed by atoms with Gasteiger partial charge in [-0.2, -0.15) is 0 Å². The summed E-state index contributed by atoms with van der Waals surface area (Å²) in [5.74, 6) is 0.553. The summed E-state index contributed by atoms with van der Waals surface area (Å²) in [6.07, 6.45) is 1.86. The molecule has 3 aromatic rings. The quantitative estimate of drug-likeness (QED) is 0.765. The van der Waals surface area contributed by atoms with Crippen LogP contribution in [0.5, 0.6) is 0 Å². The molecule has 2 aromatic heterocycles. The molecule has 0 radical (unpaired) electrons. The first kappa shape index (κ1) is 15.5. The molecular formula is C16H18N4O2S. The van der Waals surface area contributed by atoms with Crippen LogP contribution in [0.1, 0.15) is 19.5 Å². The van der Waals surface area contributed by atoms with Gasteiger partial charge in [-0.05, 0) is 38.1 Å². The topological polar surface area (TPSA) is 102 Å². The van der Waals surface area contributed by atoms with E-state index in [2.05, 4.69) is 15.0 Å². The monoisotopic (exact) mass is 330 g/mol. The van der Waals surface area contributed by atoms with Crippen LogP contribution in [0.25, 0.3) is 22.3 Å². The molecule has 0 aliphatic rings. The van der Waals surface area contributed by atoms with Crippen molar-refractivity contribution >= 4 is 26.6 Å². The van der Waals surface area contributed by atoms with E-state index >= 15 is 0 Å². The molecule has 3 N–H and O–H groups in total. The smallest absolute Gasteiger partial charge is 0.161 e. The molecule has 120 valence electrons. The maximum Gasteiger partial charge on any atom is 0.161 e. The molecular weight excluding hydrogens is 312 g/mol. The number of nitrogens with zero attached hydrogens (tertiary/aromatic N) is 2. The average Bonchev–Trinajstić information content (AvgIpc) is 2.93. The second-order valence-electron chi connectivity index (χ2n) is 5.74. The van der Waals surface area contributed by atoms with Gasteiger partial charge in [0.05, 0.1) is 16.7 Å². The van der Waals surface area contributed by atoms with Gasteiger partial charge < -0.3 is 10.7 Å². The van der Waals surface area contributed by atoms with Crippen LogP contribution in [0, 0.1) is 0 Å². The van der Waals surface area contributed by atoms with Crippen LogP contribution in [-0.4, -0.2) is 28.6 Å². The Labute approximate surface area is 134 Å². The highest BCUT2D eigenvalue weighted by Gasteiger charge is 2.19. The summed E-state index contributed by atoms with van der Waals surface area (Å²) in [4.78, 5) is 11.7. The van der Waals surface area contributed by atoms with Crippen molar-refractivity contribution in [1.29, 1.82) is 0 Å². The standard InChI is InChI=1S/C16H18N4O2S/c1-10(2)23(21,22)9-13-8-15(17)20-16(19-13)12-3-4-14-11(7-12)5-6-18-14/h3-8,10,18H,9H2,1-2H3,(H2,17,19,20). The number of nitrogens with one attached hydrogen (secondary N) is 1. The summed E-state index contributed by atoms with van der Waals surface area (Å²) >= 11 is 0. The fourth-order valence-corrected chi connectivity index (χ4v) is 3.18. The van der Waals surface area contributed by atoms with E-state index in [1.807, 2.05) is 30.5 Å². The number of benzene rings is 1. The molecule has 7 heteroatoms. The van der Waals surface area contributed by atoms with E-state index in [1.54, 1.807) is 13.8 Å². The van der Waals surface area contributed by atoms with E-state index in [9.17, 15) is 8.42 Å². The van der Waals surface area contributed by atoms with Crippen molar-refractivity contribution in [3.05, 3.63) is 42.2 Å². The summed E-state index contributed by atoms with van der Waals surface area (Å²) < 4.78 is 24.2. The largest absolute Gasteiger partial charge is 0.384 e. The third-order valence-corrected chi connectivity index (χ3v) is 5.81. The third-order valence-electron chi connectivity index (χ3n) is 3.68. The van der Waals surface area contributed by atoms with Crippen LogP contribution < -0.4 is 5.73 Å². The SMILES string of the molecule is CC(C)S(=O)(=O)Cc1cc(N)nc(-c2ccc3[nH]ccc3c2)n1. The summed E-state index contributed by atoms with van der Waals surface area (Å²) in [6, 6.07) is 9.23. The Morgan fingerprint density at radius 1 is 1.17 bits per heavy atom. The highest BCUT2D eigenvalue weighted by molar-refractivity contribution is 7.91.